The normalized spacial score (nSPS) is 23.6. The Kier molecular flexibility index (Phi) is 4.85. The summed E-state index contributed by atoms with van der Waals surface area (Å²) >= 11 is 0. The van der Waals surface area contributed by atoms with Gasteiger partial charge in [0.05, 0.1) is 23.3 Å². The maximum Gasteiger partial charge on any atom is 0.322 e. The number of carbonyl (C=O) groups excluding carboxylic acids is 1. The molecule has 0 unspecified atom stereocenters. The minimum Gasteiger partial charge on any atom is -0.449 e. The van der Waals surface area contributed by atoms with E-state index in [1.54, 1.807) is 11.9 Å². The largest absolute Gasteiger partial charge is 0.449 e. The van der Waals surface area contributed by atoms with Crippen molar-refractivity contribution >= 4 is 17.3 Å². The predicted molar refractivity (Wildman–Crippen MR) is 132 cm³/mol. The second-order valence-electron chi connectivity index (χ2n) is 8.60. The molecule has 5 nitrogen and oxygen atoms in total. The zero-order valence-corrected chi connectivity index (χ0v) is 18.7. The fraction of sp³-hybridized carbons (Fsp3) is 0.138. The minimum absolute atomic E-state index is 0.237. The van der Waals surface area contributed by atoms with Crippen LogP contribution in [-0.4, -0.2) is 18.7 Å². The van der Waals surface area contributed by atoms with Crippen LogP contribution in [0.15, 0.2) is 115 Å². The lowest BCUT2D eigenvalue weighted by molar-refractivity contribution is -0.186. The molecule has 1 saturated heterocycles. The number of amides is 1. The van der Waals surface area contributed by atoms with Gasteiger partial charge in [-0.1, -0.05) is 91.0 Å². The molecular formula is C29H24N2O3. The third kappa shape index (κ3) is 3.09. The number of nitrogens with zero attached hydrogens (tertiary/aromatic N) is 2. The highest BCUT2D eigenvalue weighted by Gasteiger charge is 2.65. The van der Waals surface area contributed by atoms with Gasteiger partial charge in [-0.2, -0.15) is 0 Å². The van der Waals surface area contributed by atoms with Crippen LogP contribution in [0.5, 0.6) is 5.75 Å². The van der Waals surface area contributed by atoms with Crippen LogP contribution in [-0.2, 0) is 9.63 Å². The predicted octanol–water partition coefficient (Wildman–Crippen LogP) is 5.72. The molecular weight excluding hydrogens is 424 g/mol. The maximum atomic E-state index is 14.1. The average Bonchev–Trinajstić information content (AvgIpc) is 3.24. The summed E-state index contributed by atoms with van der Waals surface area (Å²) in [6, 6.07) is 37.3. The van der Waals surface area contributed by atoms with E-state index < -0.39 is 11.7 Å². The number of ether oxygens (including phenoxy) is 1. The SMILES string of the molecule is CN1C(=O)[C@@]2(Oc3ccccc31)ON(c1ccccc1)[C@@H](c1ccccc1)[C@@H]2c1ccccc1. The molecule has 0 aliphatic carbocycles. The molecule has 5 heteroatoms. The van der Waals surface area contributed by atoms with E-state index in [9.17, 15) is 4.79 Å². The van der Waals surface area contributed by atoms with Crippen LogP contribution in [0.3, 0.4) is 0 Å². The Bertz CT molecular complexity index is 1310. The molecule has 1 amide bonds. The van der Waals surface area contributed by atoms with E-state index in [0.717, 1.165) is 22.5 Å². The number of hydrogen-bond acceptors (Lipinski definition) is 4. The van der Waals surface area contributed by atoms with Crippen LogP contribution in [0.1, 0.15) is 23.1 Å². The first-order chi connectivity index (χ1) is 16.7. The number of anilines is 2. The summed E-state index contributed by atoms with van der Waals surface area (Å²) in [6.07, 6.45) is 0. The van der Waals surface area contributed by atoms with Crippen LogP contribution in [0.4, 0.5) is 11.4 Å². The van der Waals surface area contributed by atoms with Gasteiger partial charge in [0.15, 0.2) is 0 Å². The van der Waals surface area contributed by atoms with E-state index >= 15 is 0 Å². The van der Waals surface area contributed by atoms with Gasteiger partial charge in [-0.05, 0) is 35.4 Å². The number of benzene rings is 4. The fourth-order valence-corrected chi connectivity index (χ4v) is 5.06. The molecule has 3 atom stereocenters. The first-order valence-corrected chi connectivity index (χ1v) is 11.4. The molecule has 2 heterocycles. The standard InChI is InChI=1S/C29H24N2O3/c1-30-24-19-11-12-20-25(24)33-29(28(30)32)26(21-13-5-2-6-14-21)27(22-15-7-3-8-16-22)31(34-29)23-17-9-4-10-18-23/h2-20,26-27H,1H3/t26-,27-,29-/m0/s1. The number of carbonyl (C=O) groups is 1. The second-order valence-corrected chi connectivity index (χ2v) is 8.60. The van der Waals surface area contributed by atoms with Crippen molar-refractivity contribution in [3.05, 3.63) is 126 Å². The Morgan fingerprint density at radius 3 is 1.94 bits per heavy atom. The topological polar surface area (TPSA) is 42.0 Å². The Hall–Kier alpha value is -4.09. The van der Waals surface area contributed by atoms with Crippen molar-refractivity contribution in [3.8, 4) is 5.75 Å². The van der Waals surface area contributed by atoms with E-state index in [2.05, 4.69) is 12.1 Å². The molecule has 0 saturated carbocycles. The van der Waals surface area contributed by atoms with Crippen LogP contribution in [0, 0.1) is 0 Å². The molecule has 6 rings (SSSR count). The van der Waals surface area contributed by atoms with Crippen molar-refractivity contribution in [2.45, 2.75) is 17.7 Å². The first kappa shape index (κ1) is 20.5. The lowest BCUT2D eigenvalue weighted by Crippen LogP contribution is -2.58. The lowest BCUT2D eigenvalue weighted by Gasteiger charge is -2.40. The molecule has 168 valence electrons. The molecule has 2 aliphatic heterocycles. The highest BCUT2D eigenvalue weighted by molar-refractivity contribution is 6.02. The van der Waals surface area contributed by atoms with E-state index in [1.807, 2.05) is 108 Å². The number of rotatable bonds is 3. The molecule has 1 spiro atoms. The summed E-state index contributed by atoms with van der Waals surface area (Å²) in [6.45, 7) is 0. The van der Waals surface area contributed by atoms with Crippen molar-refractivity contribution in [2.24, 2.45) is 0 Å². The van der Waals surface area contributed by atoms with Crippen LogP contribution in [0.25, 0.3) is 0 Å². The summed E-state index contributed by atoms with van der Waals surface area (Å²) in [5, 5.41) is 1.84. The Morgan fingerprint density at radius 2 is 1.26 bits per heavy atom. The van der Waals surface area contributed by atoms with Crippen LogP contribution in [0.2, 0.25) is 0 Å². The van der Waals surface area contributed by atoms with Gasteiger partial charge < -0.3 is 9.64 Å². The van der Waals surface area contributed by atoms with Gasteiger partial charge in [0.25, 0.3) is 0 Å². The zero-order chi connectivity index (χ0) is 23.1. The summed E-state index contributed by atoms with van der Waals surface area (Å²) in [5.41, 5.74) is 3.58. The maximum absolute atomic E-state index is 14.1. The minimum atomic E-state index is -1.57. The quantitative estimate of drug-likeness (QED) is 0.402. The van der Waals surface area contributed by atoms with Gasteiger partial charge in [-0.25, -0.2) is 9.90 Å². The van der Waals surface area contributed by atoms with E-state index in [0.29, 0.717) is 5.75 Å². The third-order valence-corrected chi connectivity index (χ3v) is 6.61. The average molecular weight is 449 g/mol. The number of hydroxylamine groups is 1. The molecule has 4 aromatic carbocycles. The van der Waals surface area contributed by atoms with Crippen LogP contribution >= 0.6 is 0 Å². The first-order valence-electron chi connectivity index (χ1n) is 11.4. The van der Waals surface area contributed by atoms with E-state index in [4.69, 9.17) is 9.57 Å². The molecule has 0 radical (unpaired) electrons. The third-order valence-electron chi connectivity index (χ3n) is 6.61. The zero-order valence-electron chi connectivity index (χ0n) is 18.7. The molecule has 0 bridgehead atoms. The number of likely N-dealkylation sites (N-methyl/N-ethyl adjacent to an activating group) is 1. The summed E-state index contributed by atoms with van der Waals surface area (Å²) < 4.78 is 6.58. The van der Waals surface area contributed by atoms with E-state index in [-0.39, 0.29) is 11.9 Å². The fourth-order valence-electron chi connectivity index (χ4n) is 5.06. The molecule has 2 aliphatic rings. The Balaban J connectivity index is 1.60. The number of hydrogen-bond donors (Lipinski definition) is 0. The Labute approximate surface area is 198 Å². The monoisotopic (exact) mass is 448 g/mol. The second kappa shape index (κ2) is 8.04. The summed E-state index contributed by atoms with van der Waals surface area (Å²) in [5.74, 6) is -1.62. The van der Waals surface area contributed by atoms with Gasteiger partial charge in [-0.15, -0.1) is 0 Å². The van der Waals surface area contributed by atoms with Gasteiger partial charge in [0, 0.05) is 7.05 Å². The number of para-hydroxylation sites is 3. The van der Waals surface area contributed by atoms with Gasteiger partial charge in [0.1, 0.15) is 5.75 Å². The summed E-state index contributed by atoms with van der Waals surface area (Å²) in [4.78, 5) is 22.4. The van der Waals surface area contributed by atoms with Gasteiger partial charge in [0.2, 0.25) is 0 Å². The molecule has 34 heavy (non-hydrogen) atoms. The lowest BCUT2D eigenvalue weighted by atomic mass is 9.80. The van der Waals surface area contributed by atoms with Gasteiger partial charge in [-0.3, -0.25) is 4.79 Å². The van der Waals surface area contributed by atoms with Crippen molar-refractivity contribution in [2.75, 3.05) is 17.0 Å². The van der Waals surface area contributed by atoms with Gasteiger partial charge >= 0.3 is 11.7 Å². The smallest absolute Gasteiger partial charge is 0.322 e. The van der Waals surface area contributed by atoms with Crippen molar-refractivity contribution in [3.63, 3.8) is 0 Å². The highest BCUT2D eigenvalue weighted by Crippen LogP contribution is 2.56. The molecule has 1 fully saturated rings. The Morgan fingerprint density at radius 1 is 0.706 bits per heavy atom. The van der Waals surface area contributed by atoms with Crippen molar-refractivity contribution < 1.29 is 14.4 Å². The van der Waals surface area contributed by atoms with Crippen molar-refractivity contribution in [1.29, 1.82) is 0 Å². The molecule has 4 aromatic rings. The molecule has 0 N–H and O–H groups in total. The summed E-state index contributed by atoms with van der Waals surface area (Å²) in [7, 11) is 1.78. The van der Waals surface area contributed by atoms with Crippen LogP contribution < -0.4 is 14.7 Å². The van der Waals surface area contributed by atoms with E-state index in [1.165, 1.54) is 0 Å². The van der Waals surface area contributed by atoms with Crippen molar-refractivity contribution in [1.82, 2.24) is 0 Å². The number of fused-ring (bicyclic) bond motifs is 1. The molecule has 0 aromatic heterocycles. The highest BCUT2D eigenvalue weighted by atomic mass is 16.8.